The van der Waals surface area contributed by atoms with E-state index in [1.165, 1.54) is 11.2 Å². The van der Waals surface area contributed by atoms with Crippen molar-refractivity contribution in [3.8, 4) is 11.3 Å². The van der Waals surface area contributed by atoms with Crippen molar-refractivity contribution < 1.29 is 4.42 Å². The molecule has 110 valence electrons. The number of rotatable bonds is 4. The lowest BCUT2D eigenvalue weighted by molar-refractivity contribution is 0.582. The quantitative estimate of drug-likeness (QED) is 0.626. The lowest BCUT2D eigenvalue weighted by atomic mass is 10.2. The molecular formula is C15H13N5OS. The average molecular weight is 311 g/mol. The molecule has 4 rings (SSSR count). The molecule has 0 aliphatic heterocycles. The second-order valence-electron chi connectivity index (χ2n) is 4.89. The summed E-state index contributed by atoms with van der Waals surface area (Å²) in [5.74, 6) is 2.37. The van der Waals surface area contributed by atoms with E-state index in [2.05, 4.69) is 31.8 Å². The van der Waals surface area contributed by atoms with Gasteiger partial charge in [-0.15, -0.1) is 11.3 Å². The zero-order valence-corrected chi connectivity index (χ0v) is 12.7. The number of hydrogen-bond donors (Lipinski definition) is 1. The number of anilines is 1. The van der Waals surface area contributed by atoms with Crippen LogP contribution in [0.3, 0.4) is 0 Å². The minimum atomic E-state index is 0.602. The van der Waals surface area contributed by atoms with Crippen LogP contribution in [-0.4, -0.2) is 19.6 Å². The summed E-state index contributed by atoms with van der Waals surface area (Å²) < 4.78 is 7.12. The van der Waals surface area contributed by atoms with Crippen LogP contribution in [0.1, 0.15) is 10.6 Å². The Morgan fingerprint density at radius 2 is 2.32 bits per heavy atom. The van der Waals surface area contributed by atoms with E-state index in [-0.39, 0.29) is 0 Å². The van der Waals surface area contributed by atoms with Crippen LogP contribution in [0.4, 0.5) is 5.82 Å². The van der Waals surface area contributed by atoms with Crippen molar-refractivity contribution in [1.82, 2.24) is 19.6 Å². The summed E-state index contributed by atoms with van der Waals surface area (Å²) in [6, 6.07) is 7.95. The van der Waals surface area contributed by atoms with Gasteiger partial charge in [0.2, 0.25) is 0 Å². The SMILES string of the molecule is Cc1cc(NCc2cc(-c3ccco3)cs2)n2ncnc2n1. The fourth-order valence-corrected chi connectivity index (χ4v) is 3.09. The Hall–Kier alpha value is -2.67. The van der Waals surface area contributed by atoms with Gasteiger partial charge in [-0.2, -0.15) is 14.6 Å². The van der Waals surface area contributed by atoms with E-state index in [1.54, 1.807) is 22.1 Å². The predicted molar refractivity (Wildman–Crippen MR) is 84.9 cm³/mol. The maximum Gasteiger partial charge on any atom is 0.254 e. The van der Waals surface area contributed by atoms with Crippen LogP contribution in [0.25, 0.3) is 17.1 Å². The number of aromatic nitrogens is 4. The molecule has 0 unspecified atom stereocenters. The highest BCUT2D eigenvalue weighted by molar-refractivity contribution is 7.10. The van der Waals surface area contributed by atoms with Gasteiger partial charge < -0.3 is 9.73 Å². The summed E-state index contributed by atoms with van der Waals surface area (Å²) >= 11 is 1.70. The Morgan fingerprint density at radius 3 is 3.18 bits per heavy atom. The van der Waals surface area contributed by atoms with Crippen molar-refractivity contribution in [3.63, 3.8) is 0 Å². The van der Waals surface area contributed by atoms with Gasteiger partial charge in [0, 0.05) is 27.6 Å². The molecule has 0 amide bonds. The average Bonchev–Trinajstić information content (AvgIpc) is 3.24. The fraction of sp³-hybridized carbons (Fsp3) is 0.133. The van der Waals surface area contributed by atoms with Crippen LogP contribution >= 0.6 is 11.3 Å². The molecule has 0 saturated heterocycles. The van der Waals surface area contributed by atoms with E-state index in [1.807, 2.05) is 25.1 Å². The number of furan rings is 1. The van der Waals surface area contributed by atoms with Crippen LogP contribution < -0.4 is 5.32 Å². The van der Waals surface area contributed by atoms with Gasteiger partial charge in [0.05, 0.1) is 12.8 Å². The molecule has 0 atom stereocenters. The molecule has 7 heteroatoms. The molecule has 0 spiro atoms. The molecule has 0 aliphatic carbocycles. The summed E-state index contributed by atoms with van der Waals surface area (Å²) in [6.07, 6.45) is 3.19. The van der Waals surface area contributed by atoms with E-state index in [0.717, 1.165) is 22.8 Å². The van der Waals surface area contributed by atoms with Crippen molar-refractivity contribution in [3.05, 3.63) is 52.8 Å². The Bertz CT molecular complexity index is 909. The first kappa shape index (κ1) is 13.0. The normalized spacial score (nSPS) is 11.1. The third-order valence-corrected chi connectivity index (χ3v) is 4.22. The van der Waals surface area contributed by atoms with Crippen molar-refractivity contribution in [2.45, 2.75) is 13.5 Å². The third-order valence-electron chi connectivity index (χ3n) is 3.28. The maximum absolute atomic E-state index is 5.41. The molecule has 0 saturated carbocycles. The zero-order valence-electron chi connectivity index (χ0n) is 11.9. The summed E-state index contributed by atoms with van der Waals surface area (Å²) in [6.45, 7) is 2.66. The summed E-state index contributed by atoms with van der Waals surface area (Å²) in [5, 5.41) is 9.67. The second-order valence-corrected chi connectivity index (χ2v) is 5.88. The Kier molecular flexibility index (Phi) is 3.12. The number of aryl methyl sites for hydroxylation is 1. The van der Waals surface area contributed by atoms with E-state index in [4.69, 9.17) is 4.42 Å². The molecule has 4 aromatic heterocycles. The van der Waals surface area contributed by atoms with Crippen molar-refractivity contribution in [2.24, 2.45) is 0 Å². The molecule has 0 radical (unpaired) electrons. The smallest absolute Gasteiger partial charge is 0.254 e. The summed E-state index contributed by atoms with van der Waals surface area (Å²) in [7, 11) is 0. The van der Waals surface area contributed by atoms with Crippen molar-refractivity contribution in [1.29, 1.82) is 0 Å². The number of hydrogen-bond acceptors (Lipinski definition) is 6. The van der Waals surface area contributed by atoms with E-state index in [0.29, 0.717) is 12.3 Å². The minimum absolute atomic E-state index is 0.602. The molecule has 4 aromatic rings. The topological polar surface area (TPSA) is 68.2 Å². The van der Waals surface area contributed by atoms with E-state index >= 15 is 0 Å². The summed E-state index contributed by atoms with van der Waals surface area (Å²) in [4.78, 5) is 9.67. The Morgan fingerprint density at radius 1 is 1.36 bits per heavy atom. The minimum Gasteiger partial charge on any atom is -0.464 e. The number of fused-ring (bicyclic) bond motifs is 1. The van der Waals surface area contributed by atoms with Gasteiger partial charge in [-0.3, -0.25) is 0 Å². The van der Waals surface area contributed by atoms with Crippen LogP contribution in [0.2, 0.25) is 0 Å². The second kappa shape index (κ2) is 5.27. The standard InChI is InChI=1S/C15H13N5OS/c1-10-5-14(20-15(19-10)17-9-18-20)16-7-12-6-11(8-22-12)13-3-2-4-21-13/h2-6,8-9,16H,7H2,1H3. The molecule has 4 heterocycles. The zero-order chi connectivity index (χ0) is 14.9. The number of nitrogens with zero attached hydrogens (tertiary/aromatic N) is 4. The maximum atomic E-state index is 5.41. The molecule has 1 N–H and O–H groups in total. The fourth-order valence-electron chi connectivity index (χ4n) is 2.28. The highest BCUT2D eigenvalue weighted by Crippen LogP contribution is 2.26. The molecule has 0 bridgehead atoms. The first-order chi connectivity index (χ1) is 10.8. The van der Waals surface area contributed by atoms with Crippen LogP contribution in [0, 0.1) is 6.92 Å². The van der Waals surface area contributed by atoms with Gasteiger partial charge in [-0.1, -0.05) is 0 Å². The molecule has 22 heavy (non-hydrogen) atoms. The molecule has 6 nitrogen and oxygen atoms in total. The van der Waals surface area contributed by atoms with Crippen LogP contribution in [0.5, 0.6) is 0 Å². The molecule has 0 aliphatic rings. The van der Waals surface area contributed by atoms with Gasteiger partial charge in [0.15, 0.2) is 0 Å². The highest BCUT2D eigenvalue weighted by Gasteiger charge is 2.08. The lowest BCUT2D eigenvalue weighted by Crippen LogP contribution is -2.06. The van der Waals surface area contributed by atoms with E-state index in [9.17, 15) is 0 Å². The highest BCUT2D eigenvalue weighted by atomic mass is 32.1. The van der Waals surface area contributed by atoms with Crippen molar-refractivity contribution >= 4 is 22.9 Å². The van der Waals surface area contributed by atoms with Gasteiger partial charge in [-0.25, -0.2) is 4.98 Å². The first-order valence-electron chi connectivity index (χ1n) is 6.82. The number of nitrogens with one attached hydrogen (secondary N) is 1. The Balaban J connectivity index is 1.56. The third kappa shape index (κ3) is 2.35. The number of thiophene rings is 1. The van der Waals surface area contributed by atoms with Crippen molar-refractivity contribution in [2.75, 3.05) is 5.32 Å². The summed E-state index contributed by atoms with van der Waals surface area (Å²) in [5.41, 5.74) is 2.01. The first-order valence-corrected chi connectivity index (χ1v) is 7.70. The molecular weight excluding hydrogens is 298 g/mol. The Labute approximate surface area is 130 Å². The van der Waals surface area contributed by atoms with Crippen LogP contribution in [0.15, 0.2) is 46.7 Å². The lowest BCUT2D eigenvalue weighted by Gasteiger charge is -2.07. The van der Waals surface area contributed by atoms with Gasteiger partial charge >= 0.3 is 0 Å². The van der Waals surface area contributed by atoms with Gasteiger partial charge in [-0.05, 0) is 25.1 Å². The van der Waals surface area contributed by atoms with Gasteiger partial charge in [0.25, 0.3) is 5.78 Å². The van der Waals surface area contributed by atoms with Crippen LogP contribution in [-0.2, 0) is 6.54 Å². The predicted octanol–water partition coefficient (Wildman–Crippen LogP) is 3.37. The molecule has 0 fully saturated rings. The largest absolute Gasteiger partial charge is 0.464 e. The monoisotopic (exact) mass is 311 g/mol. The van der Waals surface area contributed by atoms with Gasteiger partial charge in [0.1, 0.15) is 17.9 Å². The molecule has 0 aromatic carbocycles. The van der Waals surface area contributed by atoms with E-state index < -0.39 is 0 Å².